The van der Waals surface area contributed by atoms with Crippen LogP contribution >= 0.6 is 0 Å². The average molecular weight is 631 g/mol. The molecule has 45 heavy (non-hydrogen) atoms. The Morgan fingerprint density at radius 3 is 2.51 bits per heavy atom. The standard InChI is InChI=1S/C33H34F4N2O6/c1-32(2,3)45-31(41)39-13-12-24(22(17-39)18-42-23-9-11-28-29(15-23)44-19-43-28)20-8-10-27(34)25(14-20)30(40)38-16-21-6-4-5-7-26(21)33(35,36)37/h4-11,14-15,22,24H,12-13,16-19H2,1-3H3,(H,38,40)/t22-,24-/m0/s1. The number of nitrogens with zero attached hydrogens (tertiary/aromatic N) is 1. The molecule has 0 aromatic heterocycles. The first kappa shape index (κ1) is 31.9. The molecule has 1 fully saturated rings. The van der Waals surface area contributed by atoms with Gasteiger partial charge in [0.25, 0.3) is 5.91 Å². The molecule has 0 radical (unpaired) electrons. The third-order valence-electron chi connectivity index (χ3n) is 7.62. The summed E-state index contributed by atoms with van der Waals surface area (Å²) in [4.78, 5) is 27.6. The van der Waals surface area contributed by atoms with Gasteiger partial charge in [-0.15, -0.1) is 0 Å². The fourth-order valence-corrected chi connectivity index (χ4v) is 5.47. The lowest BCUT2D eigenvalue weighted by Crippen LogP contribution is -2.46. The molecule has 0 spiro atoms. The first-order valence-corrected chi connectivity index (χ1v) is 14.5. The van der Waals surface area contributed by atoms with Crippen LogP contribution < -0.4 is 19.5 Å². The molecule has 3 aromatic rings. The maximum atomic E-state index is 14.9. The molecule has 0 aliphatic carbocycles. The smallest absolute Gasteiger partial charge is 0.416 e. The third kappa shape index (κ3) is 7.79. The van der Waals surface area contributed by atoms with Crippen molar-refractivity contribution in [3.8, 4) is 17.2 Å². The van der Waals surface area contributed by atoms with Gasteiger partial charge < -0.3 is 29.2 Å². The Labute approximate surface area is 258 Å². The van der Waals surface area contributed by atoms with Gasteiger partial charge in [-0.3, -0.25) is 4.79 Å². The van der Waals surface area contributed by atoms with Crippen LogP contribution in [0.15, 0.2) is 60.7 Å². The van der Waals surface area contributed by atoms with Crippen molar-refractivity contribution in [3.05, 3.63) is 88.7 Å². The first-order valence-electron chi connectivity index (χ1n) is 14.5. The highest BCUT2D eigenvalue weighted by molar-refractivity contribution is 5.94. The zero-order chi connectivity index (χ0) is 32.4. The predicted octanol–water partition coefficient (Wildman–Crippen LogP) is 6.92. The van der Waals surface area contributed by atoms with E-state index in [0.29, 0.717) is 35.8 Å². The maximum absolute atomic E-state index is 14.9. The van der Waals surface area contributed by atoms with Crippen LogP contribution in [0.2, 0.25) is 0 Å². The Kier molecular flexibility index (Phi) is 9.13. The highest BCUT2D eigenvalue weighted by Gasteiger charge is 2.36. The average Bonchev–Trinajstić information content (AvgIpc) is 3.46. The Balaban J connectivity index is 1.35. The van der Waals surface area contributed by atoms with E-state index in [9.17, 15) is 27.2 Å². The number of alkyl halides is 3. The number of ether oxygens (including phenoxy) is 4. The monoisotopic (exact) mass is 630 g/mol. The van der Waals surface area contributed by atoms with Crippen LogP contribution in [0.4, 0.5) is 22.4 Å². The Hall–Kier alpha value is -4.48. The van der Waals surface area contributed by atoms with E-state index in [2.05, 4.69) is 5.32 Å². The maximum Gasteiger partial charge on any atom is 0.416 e. The molecule has 1 N–H and O–H groups in total. The quantitative estimate of drug-likeness (QED) is 0.285. The minimum absolute atomic E-state index is 0.115. The number of nitrogens with one attached hydrogen (secondary N) is 1. The molecule has 5 rings (SSSR count). The number of halogens is 4. The van der Waals surface area contributed by atoms with Gasteiger partial charge in [0.1, 0.15) is 17.2 Å². The minimum atomic E-state index is -4.60. The third-order valence-corrected chi connectivity index (χ3v) is 7.62. The van der Waals surface area contributed by atoms with Gasteiger partial charge >= 0.3 is 12.3 Å². The van der Waals surface area contributed by atoms with E-state index in [1.54, 1.807) is 49.9 Å². The molecular weight excluding hydrogens is 596 g/mol. The minimum Gasteiger partial charge on any atom is -0.493 e. The number of hydrogen-bond donors (Lipinski definition) is 1. The van der Waals surface area contributed by atoms with Gasteiger partial charge in [0.05, 0.1) is 17.7 Å². The van der Waals surface area contributed by atoms with Crippen LogP contribution in [-0.2, 0) is 17.5 Å². The topological polar surface area (TPSA) is 86.3 Å². The number of rotatable bonds is 7. The molecule has 240 valence electrons. The molecule has 8 nitrogen and oxygen atoms in total. The Morgan fingerprint density at radius 2 is 1.76 bits per heavy atom. The molecule has 1 saturated heterocycles. The highest BCUT2D eigenvalue weighted by atomic mass is 19.4. The Bertz CT molecular complexity index is 1550. The summed E-state index contributed by atoms with van der Waals surface area (Å²) < 4.78 is 77.7. The lowest BCUT2D eigenvalue weighted by Gasteiger charge is -2.39. The molecular formula is C33H34F4N2O6. The second kappa shape index (κ2) is 12.9. The largest absolute Gasteiger partial charge is 0.493 e. The lowest BCUT2D eigenvalue weighted by molar-refractivity contribution is -0.138. The van der Waals surface area contributed by atoms with Crippen molar-refractivity contribution in [1.29, 1.82) is 0 Å². The number of benzene rings is 3. The fraction of sp³-hybridized carbons (Fsp3) is 0.394. The van der Waals surface area contributed by atoms with Crippen LogP contribution in [-0.4, -0.2) is 49.0 Å². The highest BCUT2D eigenvalue weighted by Crippen LogP contribution is 2.38. The molecule has 2 atom stereocenters. The normalized spacial score (nSPS) is 18.0. The van der Waals surface area contributed by atoms with Gasteiger partial charge in [-0.1, -0.05) is 24.3 Å². The van der Waals surface area contributed by atoms with Crippen molar-refractivity contribution in [1.82, 2.24) is 10.2 Å². The second-order valence-corrected chi connectivity index (χ2v) is 12.0. The molecule has 0 unspecified atom stereocenters. The summed E-state index contributed by atoms with van der Waals surface area (Å²) in [6, 6.07) is 14.2. The van der Waals surface area contributed by atoms with Gasteiger partial charge in [-0.05, 0) is 74.6 Å². The summed E-state index contributed by atoms with van der Waals surface area (Å²) in [6.07, 6.45) is -4.59. The number of carbonyl (C=O) groups excluding carboxylic acids is 2. The molecule has 2 aliphatic heterocycles. The number of fused-ring (bicyclic) bond motifs is 1. The van der Waals surface area contributed by atoms with Crippen LogP contribution in [0.3, 0.4) is 0 Å². The van der Waals surface area contributed by atoms with Crippen molar-refractivity contribution in [3.63, 3.8) is 0 Å². The number of likely N-dealkylation sites (tertiary alicyclic amines) is 1. The SMILES string of the molecule is CC(C)(C)OC(=O)N1CC[C@@H](c2ccc(F)c(C(=O)NCc3ccccc3C(F)(F)F)c2)[C@H](COc2ccc3c(c2)OCO3)C1. The number of piperidine rings is 1. The lowest BCUT2D eigenvalue weighted by atomic mass is 9.80. The van der Waals surface area contributed by atoms with Crippen molar-refractivity contribution in [2.45, 2.75) is 51.4 Å². The predicted molar refractivity (Wildman–Crippen MR) is 156 cm³/mol. The van der Waals surface area contributed by atoms with Crippen LogP contribution in [0.1, 0.15) is 60.2 Å². The van der Waals surface area contributed by atoms with E-state index >= 15 is 0 Å². The molecule has 3 aromatic carbocycles. The summed E-state index contributed by atoms with van der Waals surface area (Å²) in [5, 5.41) is 2.43. The Morgan fingerprint density at radius 1 is 1.00 bits per heavy atom. The zero-order valence-corrected chi connectivity index (χ0v) is 25.1. The van der Waals surface area contributed by atoms with E-state index in [0.717, 1.165) is 6.07 Å². The fourth-order valence-electron chi connectivity index (χ4n) is 5.47. The van der Waals surface area contributed by atoms with E-state index in [1.165, 1.54) is 30.3 Å². The van der Waals surface area contributed by atoms with Gasteiger partial charge in [-0.25, -0.2) is 9.18 Å². The summed E-state index contributed by atoms with van der Waals surface area (Å²) in [6.45, 7) is 5.84. The molecule has 12 heteroatoms. The van der Waals surface area contributed by atoms with Gasteiger partial charge in [0, 0.05) is 31.6 Å². The molecule has 0 bridgehead atoms. The van der Waals surface area contributed by atoms with Crippen molar-refractivity contribution >= 4 is 12.0 Å². The number of hydrogen-bond acceptors (Lipinski definition) is 6. The van der Waals surface area contributed by atoms with Crippen molar-refractivity contribution < 1.29 is 46.1 Å². The summed E-state index contributed by atoms with van der Waals surface area (Å²) >= 11 is 0. The van der Waals surface area contributed by atoms with Crippen molar-refractivity contribution in [2.24, 2.45) is 5.92 Å². The number of amides is 2. The van der Waals surface area contributed by atoms with Gasteiger partial charge in [0.15, 0.2) is 11.5 Å². The zero-order valence-electron chi connectivity index (χ0n) is 25.1. The summed E-state index contributed by atoms with van der Waals surface area (Å²) in [5.74, 6) is -0.480. The van der Waals surface area contributed by atoms with Gasteiger partial charge in [-0.2, -0.15) is 13.2 Å². The summed E-state index contributed by atoms with van der Waals surface area (Å²) in [5.41, 5.74) is -1.35. The van der Waals surface area contributed by atoms with E-state index in [1.807, 2.05) is 0 Å². The van der Waals surface area contributed by atoms with E-state index in [-0.39, 0.29) is 42.9 Å². The van der Waals surface area contributed by atoms with Gasteiger partial charge in [0.2, 0.25) is 6.79 Å². The molecule has 2 amide bonds. The van der Waals surface area contributed by atoms with Crippen LogP contribution in [0.25, 0.3) is 0 Å². The van der Waals surface area contributed by atoms with Crippen LogP contribution in [0, 0.1) is 11.7 Å². The van der Waals surface area contributed by atoms with Crippen molar-refractivity contribution in [2.75, 3.05) is 26.5 Å². The van der Waals surface area contributed by atoms with E-state index < -0.39 is 41.7 Å². The summed E-state index contributed by atoms with van der Waals surface area (Å²) in [7, 11) is 0. The molecule has 2 heterocycles. The second-order valence-electron chi connectivity index (χ2n) is 12.0. The molecule has 0 saturated carbocycles. The first-order chi connectivity index (χ1) is 21.3. The number of carbonyl (C=O) groups is 2. The molecule has 2 aliphatic rings. The van der Waals surface area contributed by atoms with Crippen LogP contribution in [0.5, 0.6) is 17.2 Å². The van der Waals surface area contributed by atoms with E-state index in [4.69, 9.17) is 18.9 Å².